The molecule has 194 valence electrons. The van der Waals surface area contributed by atoms with E-state index < -0.39 is 17.7 Å². The molecule has 1 atom stereocenters. The van der Waals surface area contributed by atoms with Gasteiger partial charge in [0.05, 0.1) is 5.57 Å². The van der Waals surface area contributed by atoms with E-state index in [9.17, 15) is 14.7 Å². The van der Waals surface area contributed by atoms with E-state index in [2.05, 4.69) is 10.2 Å². The summed E-state index contributed by atoms with van der Waals surface area (Å²) in [6.45, 7) is 5.49. The summed E-state index contributed by atoms with van der Waals surface area (Å²) in [5.41, 5.74) is 2.96. The van der Waals surface area contributed by atoms with Crippen molar-refractivity contribution in [2.75, 3.05) is 4.90 Å². The number of halogens is 2. The number of ketones is 1. The van der Waals surface area contributed by atoms with Gasteiger partial charge in [-0.15, -0.1) is 10.2 Å². The minimum absolute atomic E-state index is 0.0598. The zero-order chi connectivity index (χ0) is 27.1. The summed E-state index contributed by atoms with van der Waals surface area (Å²) in [5, 5.41) is 21.1. The van der Waals surface area contributed by atoms with Crippen LogP contribution in [0.15, 0.2) is 62.9 Å². The number of furan rings is 1. The Hall–Kier alpha value is -3.11. The number of Topliss-reactive ketones (excluding diaryl/α,β-unsaturated/α-hetero) is 1. The predicted octanol–water partition coefficient (Wildman–Crippen LogP) is 7.28. The minimum atomic E-state index is -1.000. The number of amides is 1. The molecule has 1 fully saturated rings. The highest BCUT2D eigenvalue weighted by atomic mass is 35.5. The largest absolute Gasteiger partial charge is 0.507 e. The Bertz CT molecular complexity index is 1610. The maximum atomic E-state index is 13.4. The van der Waals surface area contributed by atoms with Crippen molar-refractivity contribution in [2.24, 2.45) is 0 Å². The van der Waals surface area contributed by atoms with Crippen LogP contribution in [-0.4, -0.2) is 27.0 Å². The second-order valence-corrected chi connectivity index (χ2v) is 11.8. The van der Waals surface area contributed by atoms with Gasteiger partial charge < -0.3 is 9.52 Å². The molecule has 1 aliphatic rings. The molecule has 2 aromatic heterocycles. The summed E-state index contributed by atoms with van der Waals surface area (Å²) in [6.07, 6.45) is 0. The van der Waals surface area contributed by atoms with Crippen LogP contribution in [0.3, 0.4) is 0 Å². The number of hydrogen-bond donors (Lipinski definition) is 1. The topological polar surface area (TPSA) is 96.5 Å². The van der Waals surface area contributed by atoms with Crippen LogP contribution in [0.2, 0.25) is 10.0 Å². The van der Waals surface area contributed by atoms with Crippen LogP contribution in [0.5, 0.6) is 0 Å². The molecule has 1 N–H and O–H groups in total. The molecular weight excluding hydrogens is 565 g/mol. The highest BCUT2D eigenvalue weighted by Gasteiger charge is 2.50. The first kappa shape index (κ1) is 26.5. The van der Waals surface area contributed by atoms with E-state index in [4.69, 9.17) is 27.6 Å². The number of thioether (sulfide) groups is 1. The van der Waals surface area contributed by atoms with E-state index in [0.29, 0.717) is 37.2 Å². The van der Waals surface area contributed by atoms with Crippen LogP contribution in [0, 0.1) is 20.8 Å². The molecule has 1 saturated heterocycles. The average molecular weight is 587 g/mol. The molecule has 2 aromatic carbocycles. The Labute approximate surface area is 237 Å². The van der Waals surface area contributed by atoms with Gasteiger partial charge in [-0.3, -0.25) is 14.5 Å². The van der Waals surface area contributed by atoms with Crippen LogP contribution in [-0.2, 0) is 15.3 Å². The Balaban J connectivity index is 1.54. The van der Waals surface area contributed by atoms with Crippen molar-refractivity contribution in [3.63, 3.8) is 0 Å². The van der Waals surface area contributed by atoms with E-state index >= 15 is 0 Å². The fourth-order valence-electron chi connectivity index (χ4n) is 4.17. The van der Waals surface area contributed by atoms with E-state index in [0.717, 1.165) is 28.0 Å². The van der Waals surface area contributed by atoms with Crippen LogP contribution in [0.4, 0.5) is 5.13 Å². The normalized spacial score (nSPS) is 17.0. The number of aliphatic hydroxyl groups is 1. The summed E-state index contributed by atoms with van der Waals surface area (Å²) in [6, 6.07) is 13.2. The highest BCUT2D eigenvalue weighted by molar-refractivity contribution is 8.00. The van der Waals surface area contributed by atoms with Crippen molar-refractivity contribution in [3.8, 4) is 0 Å². The number of rotatable bonds is 6. The maximum Gasteiger partial charge on any atom is 0.302 e. The molecule has 7 nitrogen and oxygen atoms in total. The van der Waals surface area contributed by atoms with Crippen molar-refractivity contribution >= 4 is 68.9 Å². The van der Waals surface area contributed by atoms with E-state index in [1.165, 1.54) is 16.7 Å². The van der Waals surface area contributed by atoms with Gasteiger partial charge in [0, 0.05) is 21.4 Å². The SMILES string of the molecule is Cc1ccc(C)c(C(O)=C2C(=O)C(=O)N(c3nnc(SCc4ccc(Cl)cc4Cl)s3)C2c2ccc(C)o2)c1. The van der Waals surface area contributed by atoms with E-state index in [1.54, 1.807) is 37.3 Å². The van der Waals surface area contributed by atoms with Crippen molar-refractivity contribution in [2.45, 2.75) is 36.9 Å². The monoisotopic (exact) mass is 585 g/mol. The van der Waals surface area contributed by atoms with Gasteiger partial charge in [-0.25, -0.2) is 0 Å². The Morgan fingerprint density at radius 3 is 2.58 bits per heavy atom. The lowest BCUT2D eigenvalue weighted by Gasteiger charge is -2.20. The Kier molecular flexibility index (Phi) is 7.37. The van der Waals surface area contributed by atoms with Crippen LogP contribution >= 0.6 is 46.3 Å². The van der Waals surface area contributed by atoms with Gasteiger partial charge in [-0.1, -0.05) is 70.1 Å². The second kappa shape index (κ2) is 10.6. The summed E-state index contributed by atoms with van der Waals surface area (Å²) in [7, 11) is 0. The third-order valence-electron chi connectivity index (χ3n) is 6.09. The number of benzene rings is 2. The number of carbonyl (C=O) groups excluding carboxylic acids is 2. The molecule has 1 unspecified atom stereocenters. The molecule has 0 radical (unpaired) electrons. The number of carbonyl (C=O) groups is 2. The number of nitrogens with zero attached hydrogens (tertiary/aromatic N) is 3. The Morgan fingerprint density at radius 2 is 1.87 bits per heavy atom. The van der Waals surface area contributed by atoms with Gasteiger partial charge in [0.25, 0.3) is 5.78 Å². The zero-order valence-electron chi connectivity index (χ0n) is 20.5. The number of anilines is 1. The molecule has 38 heavy (non-hydrogen) atoms. The first-order valence-electron chi connectivity index (χ1n) is 11.5. The number of hydrogen-bond acceptors (Lipinski definition) is 8. The fourth-order valence-corrected chi connectivity index (χ4v) is 6.60. The van der Waals surface area contributed by atoms with Crippen molar-refractivity contribution in [3.05, 3.63) is 97.9 Å². The summed E-state index contributed by atoms with van der Waals surface area (Å²) >= 11 is 14.8. The molecule has 11 heteroatoms. The third kappa shape index (κ3) is 4.99. The summed E-state index contributed by atoms with van der Waals surface area (Å²) in [4.78, 5) is 27.9. The van der Waals surface area contributed by atoms with Gasteiger partial charge in [-0.2, -0.15) is 0 Å². The number of aliphatic hydroxyl groups excluding tert-OH is 1. The highest BCUT2D eigenvalue weighted by Crippen LogP contribution is 2.45. The lowest BCUT2D eigenvalue weighted by atomic mass is 9.96. The second-order valence-electron chi connectivity index (χ2n) is 8.81. The molecule has 0 bridgehead atoms. The van der Waals surface area contributed by atoms with Gasteiger partial charge in [0.1, 0.15) is 23.3 Å². The van der Waals surface area contributed by atoms with Gasteiger partial charge in [0.15, 0.2) is 4.34 Å². The first-order valence-corrected chi connectivity index (χ1v) is 14.0. The Morgan fingerprint density at radius 1 is 1.08 bits per heavy atom. The lowest BCUT2D eigenvalue weighted by Crippen LogP contribution is -2.29. The van der Waals surface area contributed by atoms with Crippen molar-refractivity contribution in [1.29, 1.82) is 0 Å². The van der Waals surface area contributed by atoms with Crippen LogP contribution < -0.4 is 4.90 Å². The van der Waals surface area contributed by atoms with E-state index in [1.807, 2.05) is 32.0 Å². The van der Waals surface area contributed by atoms with Crippen LogP contribution in [0.25, 0.3) is 5.76 Å². The smallest absolute Gasteiger partial charge is 0.302 e. The molecule has 0 aliphatic carbocycles. The molecule has 1 aliphatic heterocycles. The number of aromatic nitrogens is 2. The lowest BCUT2D eigenvalue weighted by molar-refractivity contribution is -0.132. The molecule has 4 aromatic rings. The van der Waals surface area contributed by atoms with Gasteiger partial charge in [0.2, 0.25) is 5.13 Å². The maximum absolute atomic E-state index is 13.4. The third-order valence-corrected chi connectivity index (χ3v) is 8.78. The standard InChI is InChI=1S/C27H21Cl2N3O4S2/c1-13-4-5-14(2)18(10-13)23(33)21-22(20-9-6-15(3)36-20)32(25(35)24(21)34)26-30-31-27(38-26)37-12-16-7-8-17(28)11-19(16)29/h4-11,22,33H,12H2,1-3H3. The minimum Gasteiger partial charge on any atom is -0.507 e. The molecule has 1 amide bonds. The van der Waals surface area contributed by atoms with Crippen molar-refractivity contribution in [1.82, 2.24) is 10.2 Å². The predicted molar refractivity (Wildman–Crippen MR) is 150 cm³/mol. The summed E-state index contributed by atoms with van der Waals surface area (Å²) < 4.78 is 6.44. The van der Waals surface area contributed by atoms with Gasteiger partial charge in [-0.05, 0) is 62.2 Å². The van der Waals surface area contributed by atoms with Crippen molar-refractivity contribution < 1.29 is 19.1 Å². The van der Waals surface area contributed by atoms with Crippen LogP contribution in [0.1, 0.15) is 39.8 Å². The number of aryl methyl sites for hydroxylation is 3. The van der Waals surface area contributed by atoms with E-state index in [-0.39, 0.29) is 16.5 Å². The molecule has 0 saturated carbocycles. The molecule has 0 spiro atoms. The zero-order valence-corrected chi connectivity index (χ0v) is 23.6. The summed E-state index contributed by atoms with van der Waals surface area (Å²) in [5.74, 6) is -0.444. The first-order chi connectivity index (χ1) is 18.1. The molecule has 3 heterocycles. The van der Waals surface area contributed by atoms with Gasteiger partial charge >= 0.3 is 5.91 Å². The fraction of sp³-hybridized carbons (Fsp3) is 0.185. The molecule has 5 rings (SSSR count). The molecular formula is C27H21Cl2N3O4S2. The average Bonchev–Trinajstić information content (AvgIpc) is 3.58. The quantitative estimate of drug-likeness (QED) is 0.0834.